The third-order valence-corrected chi connectivity index (χ3v) is 2.86. The molecule has 1 amide bonds. The summed E-state index contributed by atoms with van der Waals surface area (Å²) in [6.45, 7) is 5.60. The van der Waals surface area contributed by atoms with Crippen molar-refractivity contribution in [3.05, 3.63) is 0 Å². The van der Waals surface area contributed by atoms with E-state index in [2.05, 4.69) is 6.07 Å². The van der Waals surface area contributed by atoms with Gasteiger partial charge in [-0.3, -0.25) is 9.69 Å². The van der Waals surface area contributed by atoms with Gasteiger partial charge in [0.05, 0.1) is 18.0 Å². The number of primary amides is 1. The molecule has 2 atom stereocenters. The SMILES string of the molecule is CC(C)C(C#N)CN1CCC1C(N)=O. The molecule has 1 aliphatic heterocycles. The molecule has 1 aliphatic rings. The highest BCUT2D eigenvalue weighted by atomic mass is 16.1. The molecule has 0 aromatic heterocycles. The summed E-state index contributed by atoms with van der Waals surface area (Å²) >= 11 is 0. The Morgan fingerprint density at radius 1 is 1.71 bits per heavy atom. The summed E-state index contributed by atoms with van der Waals surface area (Å²) in [6.07, 6.45) is 0.839. The molecule has 0 aromatic carbocycles. The third-order valence-electron chi connectivity index (χ3n) is 2.86. The molecule has 14 heavy (non-hydrogen) atoms. The zero-order valence-electron chi connectivity index (χ0n) is 8.73. The number of nitrogens with zero attached hydrogens (tertiary/aromatic N) is 2. The fourth-order valence-corrected chi connectivity index (χ4v) is 1.63. The number of carbonyl (C=O) groups is 1. The Hall–Kier alpha value is -1.08. The molecule has 1 fully saturated rings. The van der Waals surface area contributed by atoms with E-state index < -0.39 is 0 Å². The maximum Gasteiger partial charge on any atom is 0.234 e. The Balaban J connectivity index is 2.45. The van der Waals surface area contributed by atoms with Crippen LogP contribution in [-0.4, -0.2) is 29.9 Å². The average Bonchev–Trinajstić information content (AvgIpc) is 2.01. The number of carbonyl (C=O) groups excluding carboxylic acids is 1. The summed E-state index contributed by atoms with van der Waals surface area (Å²) in [7, 11) is 0. The molecule has 0 bridgehead atoms. The summed E-state index contributed by atoms with van der Waals surface area (Å²) < 4.78 is 0. The van der Waals surface area contributed by atoms with Gasteiger partial charge in [-0.25, -0.2) is 0 Å². The lowest BCUT2D eigenvalue weighted by atomic mass is 9.93. The number of amides is 1. The minimum atomic E-state index is -0.267. The standard InChI is InChI=1S/C10H17N3O/c1-7(2)8(5-11)6-13-4-3-9(13)10(12)14/h7-9H,3-4,6H2,1-2H3,(H2,12,14). The number of nitriles is 1. The van der Waals surface area contributed by atoms with Gasteiger partial charge in [-0.15, -0.1) is 0 Å². The van der Waals surface area contributed by atoms with Crippen LogP contribution in [0.3, 0.4) is 0 Å². The van der Waals surface area contributed by atoms with Crippen molar-refractivity contribution in [1.82, 2.24) is 4.90 Å². The number of hydrogen-bond donors (Lipinski definition) is 1. The highest BCUT2D eigenvalue weighted by molar-refractivity contribution is 5.80. The number of hydrogen-bond acceptors (Lipinski definition) is 3. The third kappa shape index (κ3) is 2.24. The molecule has 0 radical (unpaired) electrons. The highest BCUT2D eigenvalue weighted by Gasteiger charge is 2.34. The minimum Gasteiger partial charge on any atom is -0.368 e. The van der Waals surface area contributed by atoms with Gasteiger partial charge in [0, 0.05) is 13.1 Å². The first-order valence-corrected chi connectivity index (χ1v) is 4.99. The number of rotatable bonds is 4. The van der Waals surface area contributed by atoms with Crippen LogP contribution in [0.15, 0.2) is 0 Å². The van der Waals surface area contributed by atoms with Crippen molar-refractivity contribution in [3.63, 3.8) is 0 Å². The number of likely N-dealkylation sites (tertiary alicyclic amines) is 1. The van der Waals surface area contributed by atoms with E-state index in [1.807, 2.05) is 18.7 Å². The van der Waals surface area contributed by atoms with Gasteiger partial charge in [0.15, 0.2) is 0 Å². The molecule has 1 heterocycles. The van der Waals surface area contributed by atoms with E-state index in [1.54, 1.807) is 0 Å². The first kappa shape index (κ1) is 11.0. The second kappa shape index (κ2) is 4.43. The minimum absolute atomic E-state index is 0.00264. The summed E-state index contributed by atoms with van der Waals surface area (Å²) in [5, 5.41) is 8.90. The molecule has 4 heteroatoms. The fraction of sp³-hybridized carbons (Fsp3) is 0.800. The Morgan fingerprint density at radius 2 is 2.36 bits per heavy atom. The molecule has 0 spiro atoms. The molecule has 1 saturated heterocycles. The van der Waals surface area contributed by atoms with E-state index in [0.717, 1.165) is 13.0 Å². The van der Waals surface area contributed by atoms with Crippen LogP contribution in [0.1, 0.15) is 20.3 Å². The molecule has 0 aromatic rings. The van der Waals surface area contributed by atoms with Crippen LogP contribution >= 0.6 is 0 Å². The molecule has 0 saturated carbocycles. The Bertz CT molecular complexity index is 257. The first-order chi connectivity index (χ1) is 6.56. The normalized spacial score (nSPS) is 24.0. The van der Waals surface area contributed by atoms with Crippen molar-refractivity contribution in [2.75, 3.05) is 13.1 Å². The van der Waals surface area contributed by atoms with Gasteiger partial charge in [-0.2, -0.15) is 5.26 Å². The van der Waals surface area contributed by atoms with Crippen molar-refractivity contribution in [1.29, 1.82) is 5.26 Å². The molecule has 4 nitrogen and oxygen atoms in total. The Labute approximate surface area is 84.7 Å². The van der Waals surface area contributed by atoms with Gasteiger partial charge in [-0.1, -0.05) is 13.8 Å². The van der Waals surface area contributed by atoms with Gasteiger partial charge >= 0.3 is 0 Å². The molecular formula is C10H17N3O. The molecule has 78 valence electrons. The average molecular weight is 195 g/mol. The van der Waals surface area contributed by atoms with Gasteiger partial charge in [0.1, 0.15) is 0 Å². The van der Waals surface area contributed by atoms with E-state index in [-0.39, 0.29) is 17.9 Å². The van der Waals surface area contributed by atoms with E-state index in [0.29, 0.717) is 12.5 Å². The molecular weight excluding hydrogens is 178 g/mol. The smallest absolute Gasteiger partial charge is 0.234 e. The monoisotopic (exact) mass is 195 g/mol. The summed E-state index contributed by atoms with van der Waals surface area (Å²) in [4.78, 5) is 12.9. The largest absolute Gasteiger partial charge is 0.368 e. The van der Waals surface area contributed by atoms with Crippen LogP contribution in [0, 0.1) is 23.2 Å². The van der Waals surface area contributed by atoms with Crippen LogP contribution in [0.25, 0.3) is 0 Å². The van der Waals surface area contributed by atoms with E-state index >= 15 is 0 Å². The maximum atomic E-state index is 10.9. The lowest BCUT2D eigenvalue weighted by Crippen LogP contribution is -2.56. The fourth-order valence-electron chi connectivity index (χ4n) is 1.63. The van der Waals surface area contributed by atoms with Crippen LogP contribution in [0.4, 0.5) is 0 Å². The Morgan fingerprint density at radius 3 is 2.64 bits per heavy atom. The summed E-state index contributed by atoms with van der Waals surface area (Å²) in [6, 6.07) is 2.13. The van der Waals surface area contributed by atoms with Gasteiger partial charge in [0.2, 0.25) is 5.91 Å². The zero-order chi connectivity index (χ0) is 10.7. The van der Waals surface area contributed by atoms with Crippen LogP contribution < -0.4 is 5.73 Å². The quantitative estimate of drug-likeness (QED) is 0.703. The van der Waals surface area contributed by atoms with Gasteiger partial charge in [0.25, 0.3) is 0 Å². The Kier molecular flexibility index (Phi) is 3.48. The van der Waals surface area contributed by atoms with Crippen molar-refractivity contribution in [2.45, 2.75) is 26.3 Å². The second-order valence-corrected chi connectivity index (χ2v) is 4.18. The molecule has 2 N–H and O–H groups in total. The molecule has 2 unspecified atom stereocenters. The number of nitrogens with two attached hydrogens (primary N) is 1. The summed E-state index contributed by atoms with van der Waals surface area (Å²) in [5.41, 5.74) is 5.22. The van der Waals surface area contributed by atoms with Crippen LogP contribution in [0.2, 0.25) is 0 Å². The van der Waals surface area contributed by atoms with Crippen molar-refractivity contribution in [3.8, 4) is 6.07 Å². The second-order valence-electron chi connectivity index (χ2n) is 4.18. The predicted octanol–water partition coefficient (Wildman–Crippen LogP) is 0.342. The lowest BCUT2D eigenvalue weighted by Gasteiger charge is -2.40. The first-order valence-electron chi connectivity index (χ1n) is 4.99. The van der Waals surface area contributed by atoms with Crippen molar-refractivity contribution < 1.29 is 4.79 Å². The molecule has 1 rings (SSSR count). The zero-order valence-corrected chi connectivity index (χ0v) is 8.73. The van der Waals surface area contributed by atoms with Crippen molar-refractivity contribution in [2.24, 2.45) is 17.6 Å². The topological polar surface area (TPSA) is 70.1 Å². The van der Waals surface area contributed by atoms with Crippen molar-refractivity contribution >= 4 is 5.91 Å². The van der Waals surface area contributed by atoms with Gasteiger partial charge < -0.3 is 5.73 Å². The predicted molar refractivity (Wildman–Crippen MR) is 53.1 cm³/mol. The maximum absolute atomic E-state index is 10.9. The summed E-state index contributed by atoms with van der Waals surface area (Å²) in [5.74, 6) is 0.0583. The lowest BCUT2D eigenvalue weighted by molar-refractivity contribution is -0.127. The van der Waals surface area contributed by atoms with Gasteiger partial charge in [-0.05, 0) is 12.3 Å². The molecule has 0 aliphatic carbocycles. The highest BCUT2D eigenvalue weighted by Crippen LogP contribution is 2.21. The van der Waals surface area contributed by atoms with E-state index in [1.165, 1.54) is 0 Å². The van der Waals surface area contributed by atoms with Crippen LogP contribution in [0.5, 0.6) is 0 Å². The van der Waals surface area contributed by atoms with E-state index in [9.17, 15) is 4.79 Å². The van der Waals surface area contributed by atoms with Crippen LogP contribution in [-0.2, 0) is 4.79 Å². The van der Waals surface area contributed by atoms with E-state index in [4.69, 9.17) is 11.0 Å².